The number of carbonyl (C=O) groups excluding carboxylic acids is 3. The fourth-order valence-electron chi connectivity index (χ4n) is 3.27. The zero-order chi connectivity index (χ0) is 20.1. The predicted octanol–water partition coefficient (Wildman–Crippen LogP) is 2.05. The summed E-state index contributed by atoms with van der Waals surface area (Å²) in [5.41, 5.74) is 1.47. The molecule has 3 rings (SSSR count). The van der Waals surface area contributed by atoms with Gasteiger partial charge in [-0.25, -0.2) is 0 Å². The van der Waals surface area contributed by atoms with Crippen molar-refractivity contribution in [1.29, 1.82) is 0 Å². The van der Waals surface area contributed by atoms with Gasteiger partial charge in [0.05, 0.1) is 0 Å². The molecule has 2 heterocycles. The number of anilines is 1. The van der Waals surface area contributed by atoms with Gasteiger partial charge in [-0.1, -0.05) is 18.2 Å². The summed E-state index contributed by atoms with van der Waals surface area (Å²) in [6.45, 7) is 5.90. The van der Waals surface area contributed by atoms with E-state index >= 15 is 0 Å². The Morgan fingerprint density at radius 2 is 1.64 bits per heavy atom. The van der Waals surface area contributed by atoms with Crippen molar-refractivity contribution < 1.29 is 14.4 Å². The molecule has 0 atom stereocenters. The lowest BCUT2D eigenvalue weighted by Crippen LogP contribution is -2.50. The van der Waals surface area contributed by atoms with Crippen LogP contribution in [0.15, 0.2) is 48.7 Å². The third-order valence-electron chi connectivity index (χ3n) is 4.87. The molecule has 1 aromatic carbocycles. The van der Waals surface area contributed by atoms with Gasteiger partial charge in [0.2, 0.25) is 5.91 Å². The quantitative estimate of drug-likeness (QED) is 0.814. The molecule has 0 unspecified atom stereocenters. The molecular weight excluding hydrogens is 356 g/mol. The van der Waals surface area contributed by atoms with Crippen LogP contribution in [0, 0.1) is 0 Å². The van der Waals surface area contributed by atoms with E-state index in [-0.39, 0.29) is 23.4 Å². The van der Waals surface area contributed by atoms with E-state index in [0.717, 1.165) is 5.69 Å². The van der Waals surface area contributed by atoms with Gasteiger partial charge in [-0.3, -0.25) is 19.4 Å². The molecule has 7 nitrogen and oxygen atoms in total. The molecule has 7 heteroatoms. The fourth-order valence-corrected chi connectivity index (χ4v) is 3.27. The van der Waals surface area contributed by atoms with Gasteiger partial charge in [0, 0.05) is 57.1 Å². The van der Waals surface area contributed by atoms with Gasteiger partial charge in [-0.15, -0.1) is 0 Å². The normalized spacial score (nSPS) is 13.9. The number of carbonyl (C=O) groups is 3. The second kappa shape index (κ2) is 8.65. The molecule has 2 aromatic rings. The summed E-state index contributed by atoms with van der Waals surface area (Å²) in [6.07, 6.45) is 1.49. The molecule has 0 aliphatic carbocycles. The summed E-state index contributed by atoms with van der Waals surface area (Å²) in [5.74, 6) is -0.384. The molecule has 1 aromatic heterocycles. The Bertz CT molecular complexity index is 861. The molecule has 0 saturated carbocycles. The molecule has 3 amide bonds. The first-order valence-corrected chi connectivity index (χ1v) is 9.39. The van der Waals surface area contributed by atoms with E-state index in [1.54, 1.807) is 26.8 Å². The van der Waals surface area contributed by atoms with Crippen molar-refractivity contribution in [2.75, 3.05) is 37.6 Å². The summed E-state index contributed by atoms with van der Waals surface area (Å²) in [6, 6.07) is 12.6. The van der Waals surface area contributed by atoms with Crippen LogP contribution in [0.1, 0.15) is 34.7 Å². The molecule has 1 aliphatic rings. The highest BCUT2D eigenvalue weighted by molar-refractivity contribution is 6.07. The molecule has 1 fully saturated rings. The van der Waals surface area contributed by atoms with Gasteiger partial charge < -0.3 is 14.7 Å². The topological polar surface area (TPSA) is 73.8 Å². The molecule has 0 bridgehead atoms. The maximum absolute atomic E-state index is 13.0. The van der Waals surface area contributed by atoms with Crippen molar-refractivity contribution in [3.63, 3.8) is 0 Å². The first-order valence-electron chi connectivity index (χ1n) is 9.39. The summed E-state index contributed by atoms with van der Waals surface area (Å²) in [5, 5.41) is 0. The van der Waals surface area contributed by atoms with Crippen LogP contribution in [0.5, 0.6) is 0 Å². The summed E-state index contributed by atoms with van der Waals surface area (Å²) in [4.78, 5) is 46.4. The average molecular weight is 380 g/mol. The van der Waals surface area contributed by atoms with Crippen LogP contribution in [0.25, 0.3) is 0 Å². The number of aromatic nitrogens is 1. The summed E-state index contributed by atoms with van der Waals surface area (Å²) < 4.78 is 0. The smallest absolute Gasteiger partial charge is 0.272 e. The van der Waals surface area contributed by atoms with Crippen molar-refractivity contribution >= 4 is 23.4 Å². The summed E-state index contributed by atoms with van der Waals surface area (Å²) in [7, 11) is 0. The lowest BCUT2D eigenvalue weighted by molar-refractivity contribution is -0.130. The number of pyridine rings is 1. The number of hydrogen-bond acceptors (Lipinski definition) is 4. The Kier molecular flexibility index (Phi) is 6.03. The molecule has 0 radical (unpaired) electrons. The zero-order valence-electron chi connectivity index (χ0n) is 16.2. The monoisotopic (exact) mass is 380 g/mol. The number of rotatable bonds is 4. The van der Waals surface area contributed by atoms with Gasteiger partial charge in [-0.05, 0) is 31.2 Å². The molecular formula is C21H24N4O3. The van der Waals surface area contributed by atoms with E-state index in [2.05, 4.69) is 4.98 Å². The Balaban J connectivity index is 1.75. The molecule has 0 N–H and O–H groups in total. The van der Waals surface area contributed by atoms with Crippen LogP contribution in [0.3, 0.4) is 0 Å². The van der Waals surface area contributed by atoms with Gasteiger partial charge in [0.1, 0.15) is 5.69 Å². The Morgan fingerprint density at radius 1 is 1.00 bits per heavy atom. The average Bonchev–Trinajstić information content (AvgIpc) is 2.74. The first kappa shape index (κ1) is 19.5. The minimum absolute atomic E-state index is 0.0124. The molecule has 28 heavy (non-hydrogen) atoms. The Hall–Kier alpha value is -3.22. The highest BCUT2D eigenvalue weighted by Crippen LogP contribution is 2.17. The SMILES string of the molecule is CCN(C(=O)c1ccnc(C(=O)N2CCN(C(C)=O)CC2)c1)c1ccccc1. The third kappa shape index (κ3) is 4.19. The number of hydrogen-bond donors (Lipinski definition) is 0. The van der Waals surface area contributed by atoms with Gasteiger partial charge >= 0.3 is 0 Å². The van der Waals surface area contributed by atoms with E-state index in [1.165, 1.54) is 13.1 Å². The van der Waals surface area contributed by atoms with E-state index in [4.69, 9.17) is 0 Å². The van der Waals surface area contributed by atoms with Gasteiger partial charge in [-0.2, -0.15) is 0 Å². The molecule has 1 aliphatic heterocycles. The van der Waals surface area contributed by atoms with Crippen molar-refractivity contribution in [3.05, 3.63) is 59.9 Å². The maximum atomic E-state index is 13.0. The van der Waals surface area contributed by atoms with Crippen LogP contribution >= 0.6 is 0 Å². The first-order chi connectivity index (χ1) is 13.5. The highest BCUT2D eigenvalue weighted by atomic mass is 16.2. The second-order valence-electron chi connectivity index (χ2n) is 6.61. The summed E-state index contributed by atoms with van der Waals surface area (Å²) >= 11 is 0. The fraction of sp³-hybridized carbons (Fsp3) is 0.333. The standard InChI is InChI=1S/C21H24N4O3/c1-3-25(18-7-5-4-6-8-18)20(27)17-9-10-22-19(15-17)21(28)24-13-11-23(12-14-24)16(2)26/h4-10,15H,3,11-14H2,1-2H3. The van der Waals surface area contributed by atoms with Crippen molar-refractivity contribution in [2.45, 2.75) is 13.8 Å². The minimum Gasteiger partial charge on any atom is -0.339 e. The van der Waals surface area contributed by atoms with Gasteiger partial charge in [0.15, 0.2) is 0 Å². The second-order valence-corrected chi connectivity index (χ2v) is 6.61. The van der Waals surface area contributed by atoms with Gasteiger partial charge in [0.25, 0.3) is 11.8 Å². The van der Waals surface area contributed by atoms with Crippen molar-refractivity contribution in [2.24, 2.45) is 0 Å². The number of para-hydroxylation sites is 1. The number of nitrogens with zero attached hydrogens (tertiary/aromatic N) is 4. The van der Waals surface area contributed by atoms with Crippen LogP contribution in [-0.2, 0) is 4.79 Å². The minimum atomic E-state index is -0.222. The van der Waals surface area contributed by atoms with Crippen LogP contribution in [0.4, 0.5) is 5.69 Å². The Labute approximate surface area is 164 Å². The van der Waals surface area contributed by atoms with Crippen LogP contribution in [0.2, 0.25) is 0 Å². The van der Waals surface area contributed by atoms with Crippen LogP contribution in [-0.4, -0.2) is 65.2 Å². The molecule has 0 spiro atoms. The van der Waals surface area contributed by atoms with E-state index in [0.29, 0.717) is 38.3 Å². The third-order valence-corrected chi connectivity index (χ3v) is 4.87. The molecule has 146 valence electrons. The number of benzene rings is 1. The maximum Gasteiger partial charge on any atom is 0.272 e. The largest absolute Gasteiger partial charge is 0.339 e. The molecule has 1 saturated heterocycles. The Morgan fingerprint density at radius 3 is 2.25 bits per heavy atom. The number of piperazine rings is 1. The van der Waals surface area contributed by atoms with Crippen LogP contribution < -0.4 is 4.90 Å². The number of amides is 3. The lowest BCUT2D eigenvalue weighted by Gasteiger charge is -2.34. The van der Waals surface area contributed by atoms with E-state index < -0.39 is 0 Å². The van der Waals surface area contributed by atoms with Crippen molar-refractivity contribution in [1.82, 2.24) is 14.8 Å². The van der Waals surface area contributed by atoms with E-state index in [9.17, 15) is 14.4 Å². The highest BCUT2D eigenvalue weighted by Gasteiger charge is 2.25. The van der Waals surface area contributed by atoms with E-state index in [1.807, 2.05) is 37.3 Å². The lowest BCUT2D eigenvalue weighted by atomic mass is 10.1. The zero-order valence-corrected chi connectivity index (χ0v) is 16.2. The predicted molar refractivity (Wildman–Crippen MR) is 106 cm³/mol. The van der Waals surface area contributed by atoms with Crippen molar-refractivity contribution in [3.8, 4) is 0 Å².